The molecule has 1 spiro atoms. The summed E-state index contributed by atoms with van der Waals surface area (Å²) in [7, 11) is -2.44. The largest absolute Gasteiger partial charge is 0.316 e. The quantitative estimate of drug-likeness (QED) is 0.840. The van der Waals surface area contributed by atoms with Crippen LogP contribution in [-0.4, -0.2) is 44.1 Å². The third-order valence-electron chi connectivity index (χ3n) is 5.24. The Balaban J connectivity index is 1.58. The summed E-state index contributed by atoms with van der Waals surface area (Å²) in [6, 6.07) is 1.76. The third-order valence-corrected chi connectivity index (χ3v) is 8.29. The fourth-order valence-electron chi connectivity index (χ4n) is 3.56. The Morgan fingerprint density at radius 3 is 2.88 bits per heavy atom. The highest BCUT2D eigenvalue weighted by Gasteiger charge is 2.38. The van der Waals surface area contributed by atoms with Crippen LogP contribution in [0.25, 0.3) is 10.2 Å². The summed E-state index contributed by atoms with van der Waals surface area (Å²) in [5.74, 6) is 0.630. The number of nitrogens with one attached hydrogen (secondary N) is 1. The fraction of sp³-hybridized carbons (Fsp3) is 0.562. The van der Waals surface area contributed by atoms with Crippen molar-refractivity contribution < 1.29 is 9.00 Å². The summed E-state index contributed by atoms with van der Waals surface area (Å²) in [5, 5.41) is 4.26. The average Bonchev–Trinajstić information content (AvgIpc) is 3.18. The molecule has 2 aliphatic rings. The van der Waals surface area contributed by atoms with Crippen LogP contribution in [0.5, 0.6) is 0 Å². The number of rotatable bonds is 1. The number of carbonyl (C=O) groups excluding carboxylic acids is 1. The molecular weight excluding hydrogens is 344 g/mol. The van der Waals surface area contributed by atoms with Gasteiger partial charge in [-0.25, -0.2) is 9.19 Å². The summed E-state index contributed by atoms with van der Waals surface area (Å²) in [6.07, 6.45) is 4.43. The van der Waals surface area contributed by atoms with Gasteiger partial charge in [0.05, 0.1) is 21.0 Å². The number of fused-ring (bicyclic) bond motifs is 1. The summed E-state index contributed by atoms with van der Waals surface area (Å²) in [4.78, 5) is 17.6. The van der Waals surface area contributed by atoms with E-state index >= 15 is 0 Å². The maximum atomic E-state index is 13.0. The highest BCUT2D eigenvalue weighted by Crippen LogP contribution is 2.38. The van der Waals surface area contributed by atoms with E-state index in [1.807, 2.05) is 6.92 Å². The molecule has 0 unspecified atom stereocenters. The summed E-state index contributed by atoms with van der Waals surface area (Å²) >= 11 is 1.31. The Morgan fingerprint density at radius 2 is 2.17 bits per heavy atom. The van der Waals surface area contributed by atoms with Gasteiger partial charge in [-0.05, 0) is 55.7 Å². The molecule has 4 rings (SSSR count). The molecule has 4 heterocycles. The minimum Gasteiger partial charge on any atom is -0.316 e. The molecule has 1 amide bonds. The maximum absolute atomic E-state index is 13.0. The van der Waals surface area contributed by atoms with Gasteiger partial charge in [0, 0.05) is 29.6 Å². The Morgan fingerprint density at radius 1 is 1.38 bits per heavy atom. The molecule has 0 radical (unpaired) electrons. The number of aryl methyl sites for hydroxylation is 1. The van der Waals surface area contributed by atoms with Crippen molar-refractivity contribution in [3.8, 4) is 0 Å². The predicted octanol–water partition coefficient (Wildman–Crippen LogP) is 2.38. The van der Waals surface area contributed by atoms with Crippen LogP contribution in [-0.2, 0) is 9.73 Å². The molecular formula is C16H20N4O2S2. The lowest BCUT2D eigenvalue weighted by Gasteiger charge is -2.33. The lowest BCUT2D eigenvalue weighted by molar-refractivity contribution is 0.100. The molecule has 8 heteroatoms. The normalized spacial score (nSPS) is 30.0. The number of amides is 1. The highest BCUT2D eigenvalue weighted by molar-refractivity contribution is 7.93. The minimum absolute atomic E-state index is 0.277. The first-order chi connectivity index (χ1) is 11.5. The second kappa shape index (κ2) is 5.86. The van der Waals surface area contributed by atoms with Gasteiger partial charge in [0.1, 0.15) is 4.83 Å². The van der Waals surface area contributed by atoms with Crippen molar-refractivity contribution in [1.29, 1.82) is 0 Å². The number of nitrogens with zero attached hydrogens (tertiary/aromatic N) is 3. The van der Waals surface area contributed by atoms with Gasteiger partial charge in [-0.15, -0.1) is 0 Å². The Labute approximate surface area is 145 Å². The number of carbonyl (C=O) groups is 1. The molecule has 128 valence electrons. The van der Waals surface area contributed by atoms with Crippen LogP contribution in [0.15, 0.2) is 16.6 Å². The maximum Gasteiger partial charge on any atom is 0.286 e. The van der Waals surface area contributed by atoms with Gasteiger partial charge in [-0.3, -0.25) is 4.79 Å². The molecule has 2 fully saturated rings. The van der Waals surface area contributed by atoms with Crippen LogP contribution >= 0.6 is 11.5 Å². The van der Waals surface area contributed by atoms with Gasteiger partial charge in [-0.1, -0.05) is 0 Å². The Bertz CT molecular complexity index is 905. The van der Waals surface area contributed by atoms with Crippen molar-refractivity contribution in [2.45, 2.75) is 26.2 Å². The van der Waals surface area contributed by atoms with Crippen molar-refractivity contribution >= 4 is 37.4 Å². The molecule has 0 saturated carbocycles. The van der Waals surface area contributed by atoms with E-state index < -0.39 is 15.6 Å². The lowest BCUT2D eigenvalue weighted by atomic mass is 9.81. The molecule has 0 atom stereocenters. The molecule has 2 aromatic heterocycles. The van der Waals surface area contributed by atoms with Crippen LogP contribution in [0.1, 0.15) is 35.3 Å². The van der Waals surface area contributed by atoms with Crippen molar-refractivity contribution in [2.75, 3.05) is 24.6 Å². The van der Waals surface area contributed by atoms with Gasteiger partial charge in [-0.2, -0.15) is 8.74 Å². The zero-order valence-corrected chi connectivity index (χ0v) is 15.2. The van der Waals surface area contributed by atoms with Crippen molar-refractivity contribution in [3.05, 3.63) is 23.5 Å². The molecule has 24 heavy (non-hydrogen) atoms. The molecule has 0 aromatic carbocycles. The van der Waals surface area contributed by atoms with Gasteiger partial charge in [0.25, 0.3) is 5.91 Å². The van der Waals surface area contributed by atoms with Gasteiger partial charge < -0.3 is 5.32 Å². The molecule has 2 saturated heterocycles. The second-order valence-electron chi connectivity index (χ2n) is 6.85. The predicted molar refractivity (Wildman–Crippen MR) is 95.9 cm³/mol. The van der Waals surface area contributed by atoms with Crippen molar-refractivity contribution in [2.24, 2.45) is 9.78 Å². The first-order valence-electron chi connectivity index (χ1n) is 8.18. The monoisotopic (exact) mass is 364 g/mol. The van der Waals surface area contributed by atoms with E-state index in [1.165, 1.54) is 17.7 Å². The second-order valence-corrected chi connectivity index (χ2v) is 10.1. The van der Waals surface area contributed by atoms with Crippen LogP contribution in [0, 0.1) is 12.3 Å². The zero-order chi connectivity index (χ0) is 16.8. The first-order valence-corrected chi connectivity index (χ1v) is 10.8. The van der Waals surface area contributed by atoms with E-state index in [0.717, 1.165) is 48.3 Å². The van der Waals surface area contributed by atoms with Crippen molar-refractivity contribution in [1.82, 2.24) is 14.7 Å². The zero-order valence-electron chi connectivity index (χ0n) is 13.6. The third kappa shape index (κ3) is 2.87. The molecule has 0 bridgehead atoms. The minimum atomic E-state index is -2.44. The molecule has 2 aromatic rings. The summed E-state index contributed by atoms with van der Waals surface area (Å²) < 4.78 is 21.3. The Hall–Kier alpha value is -1.38. The smallest absolute Gasteiger partial charge is 0.286 e. The Kier molecular flexibility index (Phi) is 3.93. The summed E-state index contributed by atoms with van der Waals surface area (Å²) in [5.41, 5.74) is 1.53. The average molecular weight is 364 g/mol. The fourth-order valence-corrected chi connectivity index (χ4v) is 6.58. The number of pyridine rings is 1. The SMILES string of the molecule is Cc1nsc2ncc(C(=O)N=S3(=O)CCC4(CCNC4)CC3)cc12. The van der Waals surface area contributed by atoms with E-state index in [-0.39, 0.29) is 5.41 Å². The molecule has 2 aliphatic heterocycles. The molecule has 1 N–H and O–H groups in total. The number of hydrogen-bond donors (Lipinski definition) is 1. The van der Waals surface area contributed by atoms with Gasteiger partial charge >= 0.3 is 0 Å². The van der Waals surface area contributed by atoms with E-state index in [4.69, 9.17) is 0 Å². The highest BCUT2D eigenvalue weighted by atomic mass is 32.2. The van der Waals surface area contributed by atoms with Crippen LogP contribution in [0.2, 0.25) is 0 Å². The van der Waals surface area contributed by atoms with E-state index in [1.54, 1.807) is 6.07 Å². The van der Waals surface area contributed by atoms with E-state index in [0.29, 0.717) is 17.1 Å². The lowest BCUT2D eigenvalue weighted by Crippen LogP contribution is -2.35. The summed E-state index contributed by atoms with van der Waals surface area (Å²) in [6.45, 7) is 3.93. The standard InChI is InChI=1S/C16H20N4O2S2/c1-11-13-8-12(9-18-15(13)23-19-11)14(21)20-24(22)6-3-16(4-7-24)2-5-17-10-16/h8-9,17H,2-7,10H2,1H3. The first kappa shape index (κ1) is 16.1. The van der Waals surface area contributed by atoms with Crippen LogP contribution < -0.4 is 5.32 Å². The van der Waals surface area contributed by atoms with E-state index in [9.17, 15) is 9.00 Å². The number of aromatic nitrogens is 2. The van der Waals surface area contributed by atoms with E-state index in [2.05, 4.69) is 19.0 Å². The van der Waals surface area contributed by atoms with Gasteiger partial charge in [0.2, 0.25) is 0 Å². The molecule has 6 nitrogen and oxygen atoms in total. The molecule has 0 aliphatic carbocycles. The van der Waals surface area contributed by atoms with Crippen molar-refractivity contribution in [3.63, 3.8) is 0 Å². The van der Waals surface area contributed by atoms with Crippen LogP contribution in [0.4, 0.5) is 0 Å². The van der Waals surface area contributed by atoms with Gasteiger partial charge in [0.15, 0.2) is 0 Å². The van der Waals surface area contributed by atoms with Crippen LogP contribution in [0.3, 0.4) is 0 Å². The number of hydrogen-bond acceptors (Lipinski definition) is 6. The topological polar surface area (TPSA) is 84.3 Å².